The first-order valence-electron chi connectivity index (χ1n) is 9.88. The van der Waals surface area contributed by atoms with Crippen molar-refractivity contribution in [2.75, 3.05) is 18.9 Å². The third kappa shape index (κ3) is 4.38. The molecule has 2 aliphatic heterocycles. The molecule has 0 aliphatic carbocycles. The number of hydrogen-bond donors (Lipinski definition) is 2. The van der Waals surface area contributed by atoms with E-state index in [9.17, 15) is 18.3 Å². The third-order valence-corrected chi connectivity index (χ3v) is 7.57. The van der Waals surface area contributed by atoms with Crippen molar-refractivity contribution in [3.05, 3.63) is 12.4 Å². The highest BCUT2D eigenvalue weighted by atomic mass is 32.2. The Balaban J connectivity index is 1.72. The topological polar surface area (TPSA) is 139 Å². The van der Waals surface area contributed by atoms with Crippen LogP contribution in [0.2, 0.25) is 0 Å². The van der Waals surface area contributed by atoms with Crippen LogP contribution in [0.25, 0.3) is 0 Å². The van der Waals surface area contributed by atoms with Gasteiger partial charge >= 0.3 is 7.12 Å². The van der Waals surface area contributed by atoms with E-state index < -0.39 is 52.8 Å². The first kappa shape index (κ1) is 23.1. The molecule has 0 spiro atoms. The second kappa shape index (κ2) is 8.15. The minimum Gasteiger partial charge on any atom is -0.399 e. The summed E-state index contributed by atoms with van der Waals surface area (Å²) in [4.78, 5) is 21.5. The predicted molar refractivity (Wildman–Crippen MR) is 108 cm³/mol. The lowest BCUT2D eigenvalue weighted by atomic mass is 9.81. The van der Waals surface area contributed by atoms with Gasteiger partial charge in [-0.05, 0) is 40.5 Å². The van der Waals surface area contributed by atoms with Crippen LogP contribution >= 0.6 is 0 Å². The Morgan fingerprint density at radius 3 is 2.37 bits per heavy atom. The van der Waals surface area contributed by atoms with Crippen LogP contribution in [0.3, 0.4) is 0 Å². The summed E-state index contributed by atoms with van der Waals surface area (Å²) < 4.78 is 37.4. The average molecular weight is 441 g/mol. The second-order valence-corrected chi connectivity index (χ2v) is 10.6. The molecule has 3 heterocycles. The van der Waals surface area contributed by atoms with Crippen molar-refractivity contribution in [1.29, 1.82) is 0 Å². The molecule has 2 atom stereocenters. The Morgan fingerprint density at radius 2 is 1.83 bits per heavy atom. The van der Waals surface area contributed by atoms with Gasteiger partial charge in [0.1, 0.15) is 0 Å². The lowest BCUT2D eigenvalue weighted by molar-refractivity contribution is -0.142. The average Bonchev–Trinajstić information content (AvgIpc) is 3.21. The van der Waals surface area contributed by atoms with Crippen molar-refractivity contribution in [3.8, 4) is 0 Å². The molecule has 166 valence electrons. The van der Waals surface area contributed by atoms with Crippen LogP contribution < -0.4 is 5.46 Å². The molecule has 2 fully saturated rings. The van der Waals surface area contributed by atoms with Crippen molar-refractivity contribution < 1.29 is 32.7 Å². The fourth-order valence-corrected chi connectivity index (χ4v) is 4.91. The molecule has 0 unspecified atom stereocenters. The number of carbonyl (C=O) groups excluding carboxylic acids is 1. The summed E-state index contributed by atoms with van der Waals surface area (Å²) >= 11 is 0. The molecule has 0 saturated carbocycles. The fraction of sp³-hybridized carbons (Fsp3) is 0.722. The van der Waals surface area contributed by atoms with E-state index in [4.69, 9.17) is 14.4 Å². The van der Waals surface area contributed by atoms with E-state index in [0.717, 1.165) is 0 Å². The molecule has 1 amide bonds. The monoisotopic (exact) mass is 441 g/mol. The first-order chi connectivity index (χ1) is 13.9. The third-order valence-electron chi connectivity index (χ3n) is 5.98. The molecule has 2 aliphatic rings. The number of amides is 1. The van der Waals surface area contributed by atoms with Gasteiger partial charge in [0.2, 0.25) is 15.0 Å². The molecule has 1 aromatic rings. The largest absolute Gasteiger partial charge is 0.498 e. The number of carbonyl (C=O) groups is 1. The predicted octanol–water partition coefficient (Wildman–Crippen LogP) is -1.11. The Hall–Kier alpha value is -1.60. The van der Waals surface area contributed by atoms with Crippen molar-refractivity contribution in [1.82, 2.24) is 14.9 Å². The number of sulfone groups is 1. The highest BCUT2D eigenvalue weighted by Crippen LogP contribution is 2.36. The summed E-state index contributed by atoms with van der Waals surface area (Å²) in [5.74, 6) is -1.03. The van der Waals surface area contributed by atoms with Gasteiger partial charge in [0.05, 0.1) is 23.6 Å². The maximum Gasteiger partial charge on any atom is 0.498 e. The standard InChI is InChI=1S/C18H28BN3O7S/c1-17(2)18(3,4)29-19(28-17)12-8-20-16(21-9-12)30(26,27)11-13-6-5-7-22(13)15(25)14(24)10-23/h8-9,13-14,23-24H,5-7,10-11H2,1-4H3/t13-,14-/m1/s1. The SMILES string of the molecule is CC1(C)OB(c2cnc(S(=O)(=O)C[C@H]3CCCN3C(=O)[C@H](O)CO)nc2)OC1(C)C. The van der Waals surface area contributed by atoms with Crippen LogP contribution in [0.15, 0.2) is 17.6 Å². The molecule has 0 radical (unpaired) electrons. The minimum atomic E-state index is -3.87. The van der Waals surface area contributed by atoms with E-state index in [1.54, 1.807) is 0 Å². The Kier molecular flexibility index (Phi) is 6.27. The summed E-state index contributed by atoms with van der Waals surface area (Å²) in [6, 6.07) is -0.602. The smallest absolute Gasteiger partial charge is 0.399 e. The Morgan fingerprint density at radius 1 is 1.27 bits per heavy atom. The summed E-state index contributed by atoms with van der Waals surface area (Å²) in [6.07, 6.45) is 2.29. The van der Waals surface area contributed by atoms with E-state index in [2.05, 4.69) is 9.97 Å². The van der Waals surface area contributed by atoms with Gasteiger partial charge in [-0.25, -0.2) is 18.4 Å². The molecule has 2 saturated heterocycles. The van der Waals surface area contributed by atoms with E-state index in [-0.39, 0.29) is 10.9 Å². The van der Waals surface area contributed by atoms with Crippen molar-refractivity contribution >= 4 is 28.3 Å². The molecular formula is C18H28BN3O7S. The zero-order chi connectivity index (χ0) is 22.3. The van der Waals surface area contributed by atoms with Crippen molar-refractivity contribution in [2.24, 2.45) is 0 Å². The number of aliphatic hydroxyl groups excluding tert-OH is 2. The lowest BCUT2D eigenvalue weighted by Gasteiger charge is -2.32. The number of rotatable bonds is 6. The van der Waals surface area contributed by atoms with Crippen LogP contribution in [0.5, 0.6) is 0 Å². The zero-order valence-corrected chi connectivity index (χ0v) is 18.4. The highest BCUT2D eigenvalue weighted by molar-refractivity contribution is 7.91. The number of likely N-dealkylation sites (tertiary alicyclic amines) is 1. The van der Waals surface area contributed by atoms with Crippen molar-refractivity contribution in [3.63, 3.8) is 0 Å². The number of nitrogens with zero attached hydrogens (tertiary/aromatic N) is 3. The minimum absolute atomic E-state index is 0.331. The number of aromatic nitrogens is 2. The van der Waals surface area contributed by atoms with Gasteiger partial charge in [-0.2, -0.15) is 0 Å². The molecule has 3 rings (SSSR count). The normalized spacial score (nSPS) is 24.3. The lowest BCUT2D eigenvalue weighted by Crippen LogP contribution is -2.46. The molecule has 2 N–H and O–H groups in total. The van der Waals surface area contributed by atoms with E-state index >= 15 is 0 Å². The van der Waals surface area contributed by atoms with Crippen LogP contribution in [-0.4, -0.2) is 88.8 Å². The molecule has 30 heavy (non-hydrogen) atoms. The number of aliphatic hydroxyl groups is 2. The fourth-order valence-electron chi connectivity index (χ4n) is 3.48. The summed E-state index contributed by atoms with van der Waals surface area (Å²) in [6.45, 7) is 7.27. The Bertz CT molecular complexity index is 876. The van der Waals surface area contributed by atoms with E-state index in [0.29, 0.717) is 24.8 Å². The van der Waals surface area contributed by atoms with Gasteiger partial charge in [-0.1, -0.05) is 0 Å². The molecule has 0 aromatic carbocycles. The molecule has 12 heteroatoms. The maximum absolute atomic E-state index is 12.8. The van der Waals surface area contributed by atoms with Crippen LogP contribution in [0.1, 0.15) is 40.5 Å². The van der Waals surface area contributed by atoms with Gasteiger partial charge in [0, 0.05) is 30.4 Å². The van der Waals surface area contributed by atoms with Gasteiger partial charge in [0.25, 0.3) is 5.91 Å². The van der Waals surface area contributed by atoms with Gasteiger partial charge < -0.3 is 24.4 Å². The Labute approximate surface area is 176 Å². The van der Waals surface area contributed by atoms with Gasteiger partial charge in [-0.15, -0.1) is 0 Å². The first-order valence-corrected chi connectivity index (χ1v) is 11.5. The molecule has 1 aromatic heterocycles. The van der Waals surface area contributed by atoms with E-state index in [1.807, 2.05) is 27.7 Å². The number of hydrogen-bond acceptors (Lipinski definition) is 9. The second-order valence-electron chi connectivity index (χ2n) is 8.69. The summed E-state index contributed by atoms with van der Waals surface area (Å²) in [7, 11) is -4.57. The summed E-state index contributed by atoms with van der Waals surface area (Å²) in [5.41, 5.74) is -0.573. The highest BCUT2D eigenvalue weighted by Gasteiger charge is 2.52. The molecule has 10 nitrogen and oxygen atoms in total. The van der Waals surface area contributed by atoms with Crippen LogP contribution in [-0.2, 0) is 23.9 Å². The maximum atomic E-state index is 12.8. The van der Waals surface area contributed by atoms with Crippen molar-refractivity contribution in [2.45, 2.75) is 69.0 Å². The van der Waals surface area contributed by atoms with E-state index in [1.165, 1.54) is 17.3 Å². The van der Waals surface area contributed by atoms with Gasteiger partial charge in [-0.3, -0.25) is 4.79 Å². The van der Waals surface area contributed by atoms with Crippen LogP contribution in [0, 0.1) is 0 Å². The zero-order valence-electron chi connectivity index (χ0n) is 17.6. The summed E-state index contributed by atoms with van der Waals surface area (Å²) in [5, 5.41) is 18.2. The molecule has 0 bridgehead atoms. The van der Waals surface area contributed by atoms with Crippen LogP contribution in [0.4, 0.5) is 0 Å². The van der Waals surface area contributed by atoms with Gasteiger partial charge in [0.15, 0.2) is 6.10 Å². The quantitative estimate of drug-likeness (QED) is 0.416. The molecular weight excluding hydrogens is 413 g/mol.